The van der Waals surface area contributed by atoms with Crippen molar-refractivity contribution in [3.8, 4) is 0 Å². The van der Waals surface area contributed by atoms with E-state index >= 15 is 0 Å². The molecule has 2 atom stereocenters. The first kappa shape index (κ1) is 20.0. The Bertz CT molecular complexity index is 1370. The topological polar surface area (TPSA) is 79.8 Å². The number of aromatic nitrogens is 3. The predicted molar refractivity (Wildman–Crippen MR) is 125 cm³/mol. The van der Waals surface area contributed by atoms with Gasteiger partial charge in [-0.05, 0) is 42.2 Å². The monoisotopic (exact) mass is 478 g/mol. The number of nitrogens with one attached hydrogen (secondary N) is 2. The largest absolute Gasteiger partial charge is 0.361 e. The van der Waals surface area contributed by atoms with Crippen molar-refractivity contribution in [1.29, 1.82) is 0 Å². The number of carbonyl (C=O) groups is 1. The Morgan fingerprint density at radius 1 is 1.13 bits per heavy atom. The van der Waals surface area contributed by atoms with Gasteiger partial charge in [-0.15, -0.1) is 0 Å². The third-order valence-electron chi connectivity index (χ3n) is 5.93. The van der Waals surface area contributed by atoms with Gasteiger partial charge in [0.25, 0.3) is 5.56 Å². The van der Waals surface area contributed by atoms with E-state index in [2.05, 4.69) is 40.1 Å². The molecule has 7 heteroatoms. The number of fused-ring (bicyclic) bond motifs is 3. The van der Waals surface area contributed by atoms with Crippen LogP contribution in [0.15, 0.2) is 57.9 Å². The molecule has 2 N–H and O–H groups in total. The van der Waals surface area contributed by atoms with Crippen LogP contribution in [0, 0.1) is 5.92 Å². The van der Waals surface area contributed by atoms with E-state index in [0.717, 1.165) is 27.4 Å². The predicted octanol–water partition coefficient (Wildman–Crippen LogP) is 4.64. The van der Waals surface area contributed by atoms with Crippen molar-refractivity contribution in [2.45, 2.75) is 38.8 Å². The van der Waals surface area contributed by atoms with E-state index in [1.54, 1.807) is 10.6 Å². The van der Waals surface area contributed by atoms with Gasteiger partial charge in [-0.2, -0.15) is 0 Å². The van der Waals surface area contributed by atoms with Crippen LogP contribution in [0.1, 0.15) is 43.7 Å². The van der Waals surface area contributed by atoms with E-state index in [9.17, 15) is 9.59 Å². The second kappa shape index (κ2) is 7.64. The van der Waals surface area contributed by atoms with Gasteiger partial charge in [0.1, 0.15) is 11.9 Å². The van der Waals surface area contributed by atoms with Gasteiger partial charge in [0.2, 0.25) is 5.91 Å². The second-order valence-electron chi connectivity index (χ2n) is 8.58. The molecule has 0 unspecified atom stereocenters. The molecule has 0 saturated heterocycles. The molecule has 31 heavy (non-hydrogen) atoms. The van der Waals surface area contributed by atoms with E-state index < -0.39 is 6.04 Å². The number of carbonyl (C=O) groups excluding carboxylic acids is 1. The highest BCUT2D eigenvalue weighted by Crippen LogP contribution is 2.31. The Morgan fingerprint density at radius 2 is 1.94 bits per heavy atom. The summed E-state index contributed by atoms with van der Waals surface area (Å²) in [7, 11) is 0. The van der Waals surface area contributed by atoms with Crippen molar-refractivity contribution < 1.29 is 4.79 Å². The van der Waals surface area contributed by atoms with Crippen LogP contribution in [0.3, 0.4) is 0 Å². The van der Waals surface area contributed by atoms with Crippen LogP contribution >= 0.6 is 15.9 Å². The Balaban J connectivity index is 1.69. The van der Waals surface area contributed by atoms with E-state index in [-0.39, 0.29) is 17.5 Å². The molecule has 1 aliphatic rings. The summed E-state index contributed by atoms with van der Waals surface area (Å²) in [4.78, 5) is 35.0. The smallest absolute Gasteiger partial charge is 0.262 e. The summed E-state index contributed by atoms with van der Waals surface area (Å²) in [6.45, 7) is 4.20. The van der Waals surface area contributed by atoms with Crippen LogP contribution in [0.5, 0.6) is 0 Å². The molecule has 2 aromatic heterocycles. The molecule has 5 rings (SSSR count). The van der Waals surface area contributed by atoms with Gasteiger partial charge in [-0.3, -0.25) is 14.2 Å². The SMILES string of the molecule is CC(C)C[C@@H]1NC(=O)[C@@H](Cc2c[nH]c3ccccc23)n2c1nc1ccc(Br)cc1c2=O. The molecule has 3 heterocycles. The van der Waals surface area contributed by atoms with E-state index in [4.69, 9.17) is 4.98 Å². The van der Waals surface area contributed by atoms with Crippen molar-refractivity contribution in [1.82, 2.24) is 19.9 Å². The molecule has 0 bridgehead atoms. The lowest BCUT2D eigenvalue weighted by Gasteiger charge is -2.33. The van der Waals surface area contributed by atoms with Crippen LogP contribution in [-0.2, 0) is 11.2 Å². The molecule has 6 nitrogen and oxygen atoms in total. The lowest BCUT2D eigenvalue weighted by molar-refractivity contribution is -0.126. The van der Waals surface area contributed by atoms with Gasteiger partial charge in [-0.1, -0.05) is 48.0 Å². The molecule has 1 aliphatic heterocycles. The zero-order valence-corrected chi connectivity index (χ0v) is 18.9. The molecule has 158 valence electrons. The lowest BCUT2D eigenvalue weighted by Crippen LogP contribution is -2.48. The first-order valence-corrected chi connectivity index (χ1v) is 11.3. The number of aromatic amines is 1. The zero-order valence-electron chi connectivity index (χ0n) is 17.4. The molecule has 0 fully saturated rings. The van der Waals surface area contributed by atoms with Crippen LogP contribution in [0.2, 0.25) is 0 Å². The third-order valence-corrected chi connectivity index (χ3v) is 6.42. The van der Waals surface area contributed by atoms with Gasteiger partial charge in [-0.25, -0.2) is 4.98 Å². The number of halogens is 1. The van der Waals surface area contributed by atoms with Crippen LogP contribution in [0.25, 0.3) is 21.8 Å². The summed E-state index contributed by atoms with van der Waals surface area (Å²) in [6.07, 6.45) is 3.06. The summed E-state index contributed by atoms with van der Waals surface area (Å²) in [5, 5.41) is 4.71. The number of nitrogens with zero attached hydrogens (tertiary/aromatic N) is 2. The van der Waals surface area contributed by atoms with Crippen LogP contribution in [0.4, 0.5) is 0 Å². The molecule has 1 amide bonds. The van der Waals surface area contributed by atoms with Gasteiger partial charge < -0.3 is 10.3 Å². The standard InChI is InChI=1S/C24H23BrN4O2/c1-13(2)9-20-22-27-19-8-7-15(25)11-17(19)24(31)29(22)21(23(30)28-20)10-14-12-26-18-6-4-3-5-16(14)18/h3-8,11-13,20-21,26H,9-10H2,1-2H3,(H,28,30)/t20-,21+/m0/s1. The van der Waals surface area contributed by atoms with Crippen LogP contribution in [-0.4, -0.2) is 20.4 Å². The van der Waals surface area contributed by atoms with Gasteiger partial charge >= 0.3 is 0 Å². The van der Waals surface area contributed by atoms with Crippen LogP contribution < -0.4 is 10.9 Å². The lowest BCUT2D eigenvalue weighted by atomic mass is 9.96. The molecule has 2 aromatic carbocycles. The minimum absolute atomic E-state index is 0.137. The van der Waals surface area contributed by atoms with Gasteiger partial charge in [0, 0.05) is 28.0 Å². The third kappa shape index (κ3) is 3.47. The summed E-state index contributed by atoms with van der Waals surface area (Å²) in [5.41, 5.74) is 2.50. The first-order chi connectivity index (χ1) is 14.9. The van der Waals surface area contributed by atoms with Crippen molar-refractivity contribution in [3.05, 3.63) is 74.9 Å². The molecule has 0 radical (unpaired) electrons. The number of H-pyrrole nitrogens is 1. The number of rotatable bonds is 4. The van der Waals surface area contributed by atoms with Gasteiger partial charge in [0.05, 0.1) is 16.9 Å². The van der Waals surface area contributed by atoms with E-state index in [1.807, 2.05) is 42.6 Å². The fourth-order valence-electron chi connectivity index (χ4n) is 4.51. The number of para-hydroxylation sites is 1. The number of hydrogen-bond acceptors (Lipinski definition) is 3. The maximum Gasteiger partial charge on any atom is 0.262 e. The quantitative estimate of drug-likeness (QED) is 0.448. The fraction of sp³-hybridized carbons (Fsp3) is 0.292. The van der Waals surface area contributed by atoms with Crippen molar-refractivity contribution in [2.75, 3.05) is 0 Å². The first-order valence-electron chi connectivity index (χ1n) is 10.5. The molecule has 0 aliphatic carbocycles. The van der Waals surface area contributed by atoms with Crippen molar-refractivity contribution in [3.63, 3.8) is 0 Å². The second-order valence-corrected chi connectivity index (χ2v) is 9.49. The molecule has 0 saturated carbocycles. The Hall–Kier alpha value is -2.93. The molecule has 0 spiro atoms. The Labute approximate surface area is 187 Å². The summed E-state index contributed by atoms with van der Waals surface area (Å²) in [6, 6.07) is 12.6. The van der Waals surface area contributed by atoms with Gasteiger partial charge in [0.15, 0.2) is 0 Å². The molecular weight excluding hydrogens is 456 g/mol. The Morgan fingerprint density at radius 3 is 2.74 bits per heavy atom. The molecular formula is C24H23BrN4O2. The minimum atomic E-state index is -0.652. The van der Waals surface area contributed by atoms with Crippen molar-refractivity contribution >= 4 is 43.6 Å². The highest BCUT2D eigenvalue weighted by Gasteiger charge is 2.36. The maximum atomic E-state index is 13.6. The van der Waals surface area contributed by atoms with E-state index in [0.29, 0.717) is 29.1 Å². The zero-order chi connectivity index (χ0) is 21.7. The summed E-state index contributed by atoms with van der Waals surface area (Å²) >= 11 is 3.45. The average Bonchev–Trinajstić information content (AvgIpc) is 3.14. The summed E-state index contributed by atoms with van der Waals surface area (Å²) in [5.74, 6) is 0.848. The average molecular weight is 479 g/mol. The van der Waals surface area contributed by atoms with E-state index in [1.165, 1.54) is 0 Å². The fourth-order valence-corrected chi connectivity index (χ4v) is 4.87. The minimum Gasteiger partial charge on any atom is -0.361 e. The summed E-state index contributed by atoms with van der Waals surface area (Å²) < 4.78 is 2.44. The highest BCUT2D eigenvalue weighted by molar-refractivity contribution is 9.10. The normalized spacial score (nSPS) is 18.5. The van der Waals surface area contributed by atoms with Crippen molar-refractivity contribution in [2.24, 2.45) is 5.92 Å². The highest BCUT2D eigenvalue weighted by atomic mass is 79.9. The Kier molecular flexibility index (Phi) is 4.93. The maximum absolute atomic E-state index is 13.6. The number of amides is 1. The molecule has 4 aromatic rings. The number of benzene rings is 2. The number of hydrogen-bond donors (Lipinski definition) is 2.